The van der Waals surface area contributed by atoms with Gasteiger partial charge in [-0.25, -0.2) is 8.42 Å². The van der Waals surface area contributed by atoms with Crippen molar-refractivity contribution in [2.75, 3.05) is 38.2 Å². The number of nitrogens with zero attached hydrogens (tertiary/aromatic N) is 2. The van der Waals surface area contributed by atoms with Gasteiger partial charge < -0.3 is 24.4 Å². The van der Waals surface area contributed by atoms with Crippen LogP contribution in [0.2, 0.25) is 0 Å². The maximum atomic E-state index is 14.1. The summed E-state index contributed by atoms with van der Waals surface area (Å²) in [6, 6.07) is 17.1. The van der Waals surface area contributed by atoms with E-state index >= 15 is 0 Å². The van der Waals surface area contributed by atoms with Crippen LogP contribution in [0.4, 0.5) is 5.69 Å². The van der Waals surface area contributed by atoms with Gasteiger partial charge in [0.2, 0.25) is 11.8 Å². The minimum atomic E-state index is -4.30. The monoisotopic (exact) mass is 661 g/mol. The van der Waals surface area contributed by atoms with Gasteiger partial charge in [0.05, 0.1) is 31.4 Å². The second kappa shape index (κ2) is 14.9. The molecule has 0 aliphatic carbocycles. The number of benzene rings is 3. The van der Waals surface area contributed by atoms with Crippen LogP contribution in [0, 0.1) is 0 Å². The van der Waals surface area contributed by atoms with Gasteiger partial charge in [0.15, 0.2) is 11.5 Å². The molecule has 0 aliphatic rings. The summed E-state index contributed by atoms with van der Waals surface area (Å²) < 4.78 is 46.2. The SMILES string of the molecule is CCNC(=O)[C@@H](C)N(Cc1cccc(Br)c1)C(=O)CN(c1ccc(OCC)cc1)S(=O)(=O)c1ccc(OC)c(OC)c1. The lowest BCUT2D eigenvalue weighted by molar-refractivity contribution is -0.139. The highest BCUT2D eigenvalue weighted by Gasteiger charge is 2.33. The molecule has 0 fully saturated rings. The van der Waals surface area contributed by atoms with Gasteiger partial charge in [-0.15, -0.1) is 0 Å². The molecule has 226 valence electrons. The smallest absolute Gasteiger partial charge is 0.264 e. The molecule has 0 saturated carbocycles. The third-order valence-electron chi connectivity index (χ3n) is 6.42. The molecule has 0 aromatic heterocycles. The van der Waals surface area contributed by atoms with Crippen LogP contribution in [0.25, 0.3) is 0 Å². The third-order valence-corrected chi connectivity index (χ3v) is 8.68. The van der Waals surface area contributed by atoms with E-state index in [9.17, 15) is 18.0 Å². The molecule has 3 aromatic carbocycles. The summed E-state index contributed by atoms with van der Waals surface area (Å²) in [7, 11) is -1.44. The zero-order chi connectivity index (χ0) is 30.9. The van der Waals surface area contributed by atoms with Gasteiger partial charge in [-0.2, -0.15) is 0 Å². The van der Waals surface area contributed by atoms with Gasteiger partial charge in [0.25, 0.3) is 10.0 Å². The number of carbonyl (C=O) groups is 2. The lowest BCUT2D eigenvalue weighted by atomic mass is 10.1. The third kappa shape index (κ3) is 7.95. The van der Waals surface area contributed by atoms with Crippen LogP contribution in [-0.2, 0) is 26.2 Å². The van der Waals surface area contributed by atoms with E-state index in [-0.39, 0.29) is 28.8 Å². The molecule has 0 radical (unpaired) electrons. The predicted molar refractivity (Wildman–Crippen MR) is 165 cm³/mol. The summed E-state index contributed by atoms with van der Waals surface area (Å²) in [6.45, 7) is 5.59. The van der Waals surface area contributed by atoms with Crippen molar-refractivity contribution in [3.05, 3.63) is 76.8 Å². The maximum absolute atomic E-state index is 14.1. The number of anilines is 1. The van der Waals surface area contributed by atoms with E-state index in [1.165, 1.54) is 37.3 Å². The average Bonchev–Trinajstić information content (AvgIpc) is 2.98. The molecule has 1 N–H and O–H groups in total. The number of amides is 2. The van der Waals surface area contributed by atoms with Gasteiger partial charge in [-0.3, -0.25) is 13.9 Å². The largest absolute Gasteiger partial charge is 0.494 e. The van der Waals surface area contributed by atoms with Crippen molar-refractivity contribution in [2.45, 2.75) is 38.3 Å². The van der Waals surface area contributed by atoms with Crippen LogP contribution in [0.5, 0.6) is 17.2 Å². The fourth-order valence-corrected chi connectivity index (χ4v) is 6.12. The molecule has 3 aromatic rings. The van der Waals surface area contributed by atoms with Crippen molar-refractivity contribution in [1.29, 1.82) is 0 Å². The molecule has 0 heterocycles. The molecule has 0 unspecified atom stereocenters. The van der Waals surface area contributed by atoms with Crippen molar-refractivity contribution in [2.24, 2.45) is 0 Å². The lowest BCUT2D eigenvalue weighted by Gasteiger charge is -2.32. The summed E-state index contributed by atoms with van der Waals surface area (Å²) in [5.74, 6) is 0.217. The maximum Gasteiger partial charge on any atom is 0.264 e. The quantitative estimate of drug-likeness (QED) is 0.268. The zero-order valence-corrected chi connectivity index (χ0v) is 26.7. The van der Waals surface area contributed by atoms with Crippen molar-refractivity contribution in [3.63, 3.8) is 0 Å². The first kappa shape index (κ1) is 32.7. The first-order valence-electron chi connectivity index (χ1n) is 13.3. The topological polar surface area (TPSA) is 114 Å². The molecule has 0 bridgehead atoms. The van der Waals surface area contributed by atoms with Crippen LogP contribution in [0.1, 0.15) is 26.3 Å². The minimum absolute atomic E-state index is 0.0874. The molecule has 0 saturated heterocycles. The van der Waals surface area contributed by atoms with Gasteiger partial charge in [0, 0.05) is 23.6 Å². The van der Waals surface area contributed by atoms with Crippen LogP contribution in [0.3, 0.4) is 0 Å². The Bertz CT molecular complexity index is 1480. The Hall–Kier alpha value is -3.77. The highest BCUT2D eigenvalue weighted by atomic mass is 79.9. The summed E-state index contributed by atoms with van der Waals surface area (Å²) in [5, 5.41) is 2.75. The predicted octanol–water partition coefficient (Wildman–Crippen LogP) is 4.61. The highest BCUT2D eigenvalue weighted by Crippen LogP contribution is 2.33. The Labute approximate surface area is 255 Å². The Morgan fingerprint density at radius 3 is 2.24 bits per heavy atom. The van der Waals surface area contributed by atoms with E-state index in [0.717, 1.165) is 14.3 Å². The lowest BCUT2D eigenvalue weighted by Crippen LogP contribution is -2.51. The molecule has 0 aliphatic heterocycles. The minimum Gasteiger partial charge on any atom is -0.494 e. The van der Waals surface area contributed by atoms with Crippen molar-refractivity contribution in [1.82, 2.24) is 10.2 Å². The number of carbonyl (C=O) groups excluding carboxylic acids is 2. The number of likely N-dealkylation sites (N-methyl/N-ethyl adjacent to an activating group) is 1. The number of nitrogens with one attached hydrogen (secondary N) is 1. The molecule has 2 amide bonds. The Balaban J connectivity index is 2.08. The van der Waals surface area contributed by atoms with Crippen molar-refractivity contribution in [3.8, 4) is 17.2 Å². The highest BCUT2D eigenvalue weighted by molar-refractivity contribution is 9.10. The van der Waals surface area contributed by atoms with E-state index < -0.39 is 28.5 Å². The fourth-order valence-electron chi connectivity index (χ4n) is 4.24. The van der Waals surface area contributed by atoms with E-state index in [4.69, 9.17) is 14.2 Å². The molecular weight excluding hydrogens is 626 g/mol. The number of hydrogen-bond acceptors (Lipinski definition) is 7. The fraction of sp³-hybridized carbons (Fsp3) is 0.333. The van der Waals surface area contributed by atoms with Gasteiger partial charge in [-0.1, -0.05) is 28.1 Å². The van der Waals surface area contributed by atoms with Gasteiger partial charge >= 0.3 is 0 Å². The van der Waals surface area contributed by atoms with Crippen LogP contribution in [0.15, 0.2) is 76.1 Å². The van der Waals surface area contributed by atoms with Crippen LogP contribution < -0.4 is 23.8 Å². The normalized spacial score (nSPS) is 11.8. The average molecular weight is 663 g/mol. The molecule has 42 heavy (non-hydrogen) atoms. The Morgan fingerprint density at radius 2 is 1.64 bits per heavy atom. The number of hydrogen-bond donors (Lipinski definition) is 1. The molecule has 3 rings (SSSR count). The van der Waals surface area contributed by atoms with Crippen LogP contribution in [-0.4, -0.2) is 65.1 Å². The molecule has 10 nitrogen and oxygen atoms in total. The second-order valence-corrected chi connectivity index (χ2v) is 12.0. The second-order valence-electron chi connectivity index (χ2n) is 9.18. The summed E-state index contributed by atoms with van der Waals surface area (Å²) in [5.41, 5.74) is 1.01. The number of sulfonamides is 1. The molecular formula is C30H36BrN3O7S. The number of ether oxygens (including phenoxy) is 3. The molecule has 12 heteroatoms. The summed E-state index contributed by atoms with van der Waals surface area (Å²) >= 11 is 3.44. The summed E-state index contributed by atoms with van der Waals surface area (Å²) in [4.78, 5) is 28.1. The van der Waals surface area contributed by atoms with Crippen molar-refractivity contribution >= 4 is 43.5 Å². The van der Waals surface area contributed by atoms with Gasteiger partial charge in [0.1, 0.15) is 18.3 Å². The number of methoxy groups -OCH3 is 2. The van der Waals surface area contributed by atoms with E-state index in [0.29, 0.717) is 24.7 Å². The number of halogens is 1. The van der Waals surface area contributed by atoms with E-state index in [1.54, 1.807) is 38.1 Å². The summed E-state index contributed by atoms with van der Waals surface area (Å²) in [6.07, 6.45) is 0. The molecule has 0 spiro atoms. The first-order valence-corrected chi connectivity index (χ1v) is 15.6. The van der Waals surface area contributed by atoms with E-state index in [1.807, 2.05) is 31.2 Å². The van der Waals surface area contributed by atoms with Crippen molar-refractivity contribution < 1.29 is 32.2 Å². The van der Waals surface area contributed by atoms with Gasteiger partial charge in [-0.05, 0) is 74.9 Å². The Kier molecular flexibility index (Phi) is 11.6. The first-order chi connectivity index (χ1) is 20.0. The number of rotatable bonds is 14. The molecule has 1 atom stereocenters. The zero-order valence-electron chi connectivity index (χ0n) is 24.3. The van der Waals surface area contributed by atoms with E-state index in [2.05, 4.69) is 21.2 Å². The Morgan fingerprint density at radius 1 is 0.952 bits per heavy atom. The standard InChI is InChI=1S/C30H36BrN3O7S/c1-6-32-30(36)21(3)33(19-22-9-8-10-23(31)17-22)29(35)20-34(24-11-13-25(14-12-24)41-7-2)42(37,38)26-15-16-27(39-4)28(18-26)40-5/h8-18,21H,6-7,19-20H2,1-5H3,(H,32,36)/t21-/m1/s1. The van der Waals surface area contributed by atoms with Crippen LogP contribution >= 0.6 is 15.9 Å².